The molecule has 0 N–H and O–H groups in total. The fourth-order valence-corrected chi connectivity index (χ4v) is 10.8. The van der Waals surface area contributed by atoms with Gasteiger partial charge < -0.3 is 13.7 Å². The Morgan fingerprint density at radius 1 is 0.261 bits per heavy atom. The summed E-state index contributed by atoms with van der Waals surface area (Å²) in [5.74, 6) is 0. The summed E-state index contributed by atoms with van der Waals surface area (Å²) in [4.78, 5) is 2.43. The van der Waals surface area contributed by atoms with E-state index in [2.05, 4.69) is 241 Å². The molecule has 2 aromatic heterocycles. The molecule has 0 bridgehead atoms. The number of anilines is 3. The van der Waals surface area contributed by atoms with Gasteiger partial charge in [0.25, 0.3) is 0 Å². The number of nitrogens with zero attached hydrogens (tertiary/aromatic N) is 1. The number of para-hydroxylation sites is 2. The standard InChI is InChI=1S/C66H41NO2/c1-2-14-42(15-3-1)52-37-34-47(51-23-11-26-56-50-20-6-4-16-43(50)32-38-57(51)56)41-61(52)67(48-35-30-45(31-36-48)55-25-12-27-59-58-22-8-9-28-62(58)68-65(55)59)49-19-10-18-46(40-49)53-24-13-29-63-64(53)60-39-33-44-17-5-7-21-54(44)66(60)69-63/h1-41H. The molecule has 0 aliphatic rings. The largest absolute Gasteiger partial charge is 0.455 e. The van der Waals surface area contributed by atoms with Crippen molar-refractivity contribution < 1.29 is 8.83 Å². The molecular formula is C66H41NO2. The summed E-state index contributed by atoms with van der Waals surface area (Å²) in [5, 5.41) is 11.7. The fourth-order valence-electron chi connectivity index (χ4n) is 10.8. The number of rotatable bonds is 7. The quantitative estimate of drug-likeness (QED) is 0.149. The van der Waals surface area contributed by atoms with E-state index in [0.717, 1.165) is 111 Å². The van der Waals surface area contributed by atoms with Crippen LogP contribution in [0.15, 0.2) is 258 Å². The van der Waals surface area contributed by atoms with Crippen LogP contribution in [0.5, 0.6) is 0 Å². The van der Waals surface area contributed by atoms with Crippen LogP contribution < -0.4 is 4.90 Å². The second-order valence-electron chi connectivity index (χ2n) is 17.9. The van der Waals surface area contributed by atoms with Gasteiger partial charge in [-0.1, -0.05) is 200 Å². The number of fused-ring (bicyclic) bond motifs is 11. The average molecular weight is 880 g/mol. The van der Waals surface area contributed by atoms with Gasteiger partial charge in [-0.3, -0.25) is 0 Å². The number of hydrogen-bond donors (Lipinski definition) is 0. The summed E-state index contributed by atoms with van der Waals surface area (Å²) < 4.78 is 13.2. The lowest BCUT2D eigenvalue weighted by molar-refractivity contribution is 0.670. The van der Waals surface area contributed by atoms with E-state index in [1.807, 2.05) is 12.1 Å². The van der Waals surface area contributed by atoms with Crippen molar-refractivity contribution >= 4 is 93.3 Å². The molecule has 14 rings (SSSR count). The molecule has 0 unspecified atom stereocenters. The lowest BCUT2D eigenvalue weighted by Gasteiger charge is -2.29. The van der Waals surface area contributed by atoms with Crippen LogP contribution in [0.3, 0.4) is 0 Å². The maximum Gasteiger partial charge on any atom is 0.143 e. The Bertz CT molecular complexity index is 4310. The van der Waals surface area contributed by atoms with Gasteiger partial charge in [-0.2, -0.15) is 0 Å². The Labute approximate surface area is 398 Å². The van der Waals surface area contributed by atoms with Crippen LogP contribution in [0.1, 0.15) is 0 Å². The fraction of sp³-hybridized carbons (Fsp3) is 0. The molecule has 0 spiro atoms. The monoisotopic (exact) mass is 879 g/mol. The van der Waals surface area contributed by atoms with Crippen molar-refractivity contribution in [2.24, 2.45) is 0 Å². The number of benzene rings is 12. The van der Waals surface area contributed by atoms with Gasteiger partial charge in [0, 0.05) is 49.4 Å². The first-order valence-corrected chi connectivity index (χ1v) is 23.6. The van der Waals surface area contributed by atoms with Crippen LogP contribution in [-0.2, 0) is 0 Å². The maximum atomic E-state index is 6.69. The molecule has 14 aromatic rings. The first-order chi connectivity index (χ1) is 34.2. The summed E-state index contributed by atoms with van der Waals surface area (Å²) >= 11 is 0. The van der Waals surface area contributed by atoms with Crippen LogP contribution in [0.25, 0.3) is 121 Å². The Hall–Kier alpha value is -9.18. The molecule has 0 aliphatic carbocycles. The van der Waals surface area contributed by atoms with Crippen LogP contribution in [0, 0.1) is 0 Å². The zero-order valence-electron chi connectivity index (χ0n) is 37.4. The van der Waals surface area contributed by atoms with E-state index in [1.54, 1.807) is 0 Å². The smallest absolute Gasteiger partial charge is 0.143 e. The summed E-state index contributed by atoms with van der Waals surface area (Å²) in [5.41, 5.74) is 15.7. The molecule has 2 heterocycles. The Morgan fingerprint density at radius 2 is 0.841 bits per heavy atom. The molecule has 0 fully saturated rings. The lowest BCUT2D eigenvalue weighted by atomic mass is 9.92. The molecule has 0 saturated carbocycles. The van der Waals surface area contributed by atoms with Crippen LogP contribution in [0.2, 0.25) is 0 Å². The third-order valence-electron chi connectivity index (χ3n) is 14.1. The van der Waals surface area contributed by atoms with Crippen LogP contribution in [0.4, 0.5) is 17.1 Å². The zero-order valence-corrected chi connectivity index (χ0v) is 37.4. The number of furan rings is 2. The van der Waals surface area contributed by atoms with E-state index < -0.39 is 0 Å². The highest BCUT2D eigenvalue weighted by Gasteiger charge is 2.22. The third kappa shape index (κ3) is 6.36. The minimum absolute atomic E-state index is 0.873. The molecule has 0 saturated heterocycles. The predicted molar refractivity (Wildman–Crippen MR) is 290 cm³/mol. The van der Waals surface area contributed by atoms with Crippen molar-refractivity contribution in [1.82, 2.24) is 0 Å². The second-order valence-corrected chi connectivity index (χ2v) is 17.9. The Balaban J connectivity index is 0.992. The van der Waals surface area contributed by atoms with Gasteiger partial charge in [-0.25, -0.2) is 0 Å². The molecule has 69 heavy (non-hydrogen) atoms. The molecule has 3 nitrogen and oxygen atoms in total. The van der Waals surface area contributed by atoms with Gasteiger partial charge in [0.1, 0.15) is 22.3 Å². The van der Waals surface area contributed by atoms with Crippen molar-refractivity contribution in [3.63, 3.8) is 0 Å². The first-order valence-electron chi connectivity index (χ1n) is 23.6. The summed E-state index contributed by atoms with van der Waals surface area (Å²) in [6.07, 6.45) is 0. The number of hydrogen-bond acceptors (Lipinski definition) is 3. The van der Waals surface area contributed by atoms with E-state index in [1.165, 1.54) is 27.1 Å². The topological polar surface area (TPSA) is 29.5 Å². The highest BCUT2D eigenvalue weighted by molar-refractivity contribution is 6.19. The van der Waals surface area contributed by atoms with Gasteiger partial charge in [0.2, 0.25) is 0 Å². The predicted octanol–water partition coefficient (Wildman–Crippen LogP) is 19.1. The van der Waals surface area contributed by atoms with E-state index >= 15 is 0 Å². The SMILES string of the molecule is c1ccc(-c2ccc(-c3cccc4c3ccc3ccccc34)cc2N(c2ccc(-c3cccc4c3oc3ccccc34)cc2)c2cccc(-c3cccc4oc5c6ccccc6ccc5c34)c2)cc1. The molecule has 322 valence electrons. The van der Waals surface area contributed by atoms with E-state index in [4.69, 9.17) is 8.83 Å². The molecule has 0 atom stereocenters. The van der Waals surface area contributed by atoms with E-state index in [9.17, 15) is 0 Å². The Morgan fingerprint density at radius 3 is 1.70 bits per heavy atom. The minimum atomic E-state index is 0.873. The Kier molecular flexibility index (Phi) is 8.90. The minimum Gasteiger partial charge on any atom is -0.455 e. The van der Waals surface area contributed by atoms with Gasteiger partial charge in [0.15, 0.2) is 0 Å². The van der Waals surface area contributed by atoms with E-state index in [0.29, 0.717) is 0 Å². The van der Waals surface area contributed by atoms with Crippen LogP contribution >= 0.6 is 0 Å². The summed E-state index contributed by atoms with van der Waals surface area (Å²) in [6, 6.07) is 89.6. The summed E-state index contributed by atoms with van der Waals surface area (Å²) in [6.45, 7) is 0. The van der Waals surface area contributed by atoms with Crippen molar-refractivity contribution in [2.45, 2.75) is 0 Å². The highest BCUT2D eigenvalue weighted by Crippen LogP contribution is 2.47. The third-order valence-corrected chi connectivity index (χ3v) is 14.1. The lowest BCUT2D eigenvalue weighted by Crippen LogP contribution is -2.11. The van der Waals surface area contributed by atoms with Crippen molar-refractivity contribution in [3.8, 4) is 44.5 Å². The second kappa shape index (κ2) is 15.7. The van der Waals surface area contributed by atoms with E-state index in [-0.39, 0.29) is 0 Å². The van der Waals surface area contributed by atoms with Crippen molar-refractivity contribution in [3.05, 3.63) is 249 Å². The molecule has 0 aliphatic heterocycles. The first kappa shape index (κ1) is 39.0. The van der Waals surface area contributed by atoms with Gasteiger partial charge in [0.05, 0.1) is 5.69 Å². The van der Waals surface area contributed by atoms with Crippen molar-refractivity contribution in [1.29, 1.82) is 0 Å². The van der Waals surface area contributed by atoms with Gasteiger partial charge in [-0.15, -0.1) is 0 Å². The van der Waals surface area contributed by atoms with Gasteiger partial charge in [-0.05, 0) is 109 Å². The molecular weight excluding hydrogens is 839 g/mol. The van der Waals surface area contributed by atoms with Crippen molar-refractivity contribution in [2.75, 3.05) is 4.90 Å². The average Bonchev–Trinajstić information content (AvgIpc) is 4.01. The molecule has 12 aromatic carbocycles. The highest BCUT2D eigenvalue weighted by atomic mass is 16.3. The molecule has 3 heteroatoms. The maximum absolute atomic E-state index is 6.69. The normalized spacial score (nSPS) is 11.8. The molecule has 0 radical (unpaired) electrons. The zero-order chi connectivity index (χ0) is 45.4. The van der Waals surface area contributed by atoms with Crippen LogP contribution in [-0.4, -0.2) is 0 Å². The van der Waals surface area contributed by atoms with Gasteiger partial charge >= 0.3 is 0 Å². The molecule has 0 amide bonds. The summed E-state index contributed by atoms with van der Waals surface area (Å²) in [7, 11) is 0.